The van der Waals surface area contributed by atoms with Gasteiger partial charge in [0.05, 0.1) is 17.3 Å². The number of carbonyl (C=O) groups excluding carboxylic acids is 5. The first-order chi connectivity index (χ1) is 31.0. The average Bonchev–Trinajstić information content (AvgIpc) is 3.28. The van der Waals surface area contributed by atoms with E-state index < -0.39 is 53.7 Å². The summed E-state index contributed by atoms with van der Waals surface area (Å²) in [6, 6.07) is 14.9. The van der Waals surface area contributed by atoms with Crippen molar-refractivity contribution in [2.75, 3.05) is 46.4 Å². The van der Waals surface area contributed by atoms with Crippen LogP contribution in [0, 0.1) is 18.3 Å². The first-order valence-corrected chi connectivity index (χ1v) is 21.4. The minimum Gasteiger partial charge on any atom is -0.492 e. The molecular weight excluding hydrogens is 831 g/mol. The Hall–Kier alpha value is -6.94. The summed E-state index contributed by atoms with van der Waals surface area (Å²) in [7, 11) is 1.41. The van der Waals surface area contributed by atoms with Crippen LogP contribution in [-0.4, -0.2) is 109 Å². The predicted molar refractivity (Wildman–Crippen MR) is 244 cm³/mol. The molecule has 1 aromatic heterocycles. The second-order valence-corrected chi connectivity index (χ2v) is 16.7. The van der Waals surface area contributed by atoms with Crippen molar-refractivity contribution in [1.29, 1.82) is 5.26 Å². The number of carbonyl (C=O) groups is 5. The molecule has 18 heteroatoms. The van der Waals surface area contributed by atoms with Crippen molar-refractivity contribution in [3.63, 3.8) is 0 Å². The minimum atomic E-state index is -1.40. The van der Waals surface area contributed by atoms with Crippen LogP contribution in [0.2, 0.25) is 0 Å². The van der Waals surface area contributed by atoms with Crippen molar-refractivity contribution in [2.45, 2.75) is 77.0 Å². The summed E-state index contributed by atoms with van der Waals surface area (Å²) < 4.78 is 12.2. The summed E-state index contributed by atoms with van der Waals surface area (Å²) in [6.45, 7) is 9.81. The summed E-state index contributed by atoms with van der Waals surface area (Å²) in [5, 5.41) is 19.9. The van der Waals surface area contributed by atoms with Gasteiger partial charge in [-0.2, -0.15) is 5.26 Å². The van der Waals surface area contributed by atoms with Crippen LogP contribution in [0.4, 0.5) is 0 Å². The lowest BCUT2D eigenvalue weighted by atomic mass is 9.86. The molecule has 18 nitrogen and oxygen atoms in total. The Morgan fingerprint density at radius 1 is 0.938 bits per heavy atom. The Balaban J connectivity index is 1.56. The molecule has 0 radical (unpaired) electrons. The topological polar surface area (TPSA) is 283 Å². The second kappa shape index (κ2) is 22.1. The van der Waals surface area contributed by atoms with E-state index in [9.17, 15) is 24.0 Å². The van der Waals surface area contributed by atoms with Crippen LogP contribution in [0.3, 0.4) is 0 Å². The number of likely N-dealkylation sites (N-methyl/N-ethyl adjacent to an activating group) is 1. The predicted octanol–water partition coefficient (Wildman–Crippen LogP) is 1.92. The molecule has 0 aliphatic carbocycles. The second-order valence-electron chi connectivity index (χ2n) is 16.7. The van der Waals surface area contributed by atoms with Gasteiger partial charge < -0.3 is 52.8 Å². The Morgan fingerprint density at radius 2 is 1.62 bits per heavy atom. The fourth-order valence-corrected chi connectivity index (χ4v) is 7.32. The number of nitrogens with one attached hydrogen (secondary N) is 4. The molecule has 1 aliphatic heterocycles. The van der Waals surface area contributed by atoms with Crippen molar-refractivity contribution >= 4 is 29.5 Å². The number of benzene rings is 3. The number of fused-ring (bicyclic) bond motifs is 5. The number of aryl methyl sites for hydroxylation is 1. The summed E-state index contributed by atoms with van der Waals surface area (Å²) in [5.74, 6) is -2.16. The van der Waals surface area contributed by atoms with Crippen LogP contribution < -0.4 is 47.9 Å². The van der Waals surface area contributed by atoms with E-state index in [2.05, 4.69) is 52.0 Å². The van der Waals surface area contributed by atoms with E-state index in [4.69, 9.17) is 31.9 Å². The highest BCUT2D eigenvalue weighted by molar-refractivity contribution is 6.00. The number of nitrogens with zero attached hydrogens (tertiary/aromatic N) is 4. The van der Waals surface area contributed by atoms with Crippen molar-refractivity contribution in [3.8, 4) is 40.1 Å². The Morgan fingerprint density at radius 3 is 2.25 bits per heavy atom. The zero-order valence-electron chi connectivity index (χ0n) is 37.7. The van der Waals surface area contributed by atoms with E-state index in [1.165, 1.54) is 25.1 Å². The normalized spacial score (nSPS) is 16.7. The molecule has 0 fully saturated rings. The molecular formula is C47H59N11O7. The van der Waals surface area contributed by atoms with E-state index in [1.54, 1.807) is 43.3 Å². The summed E-state index contributed by atoms with van der Waals surface area (Å²) in [4.78, 5) is 80.5. The molecule has 5 amide bonds. The molecule has 3 aromatic carbocycles. The van der Waals surface area contributed by atoms with Gasteiger partial charge in [-0.3, -0.25) is 24.0 Å². The van der Waals surface area contributed by atoms with E-state index in [0.717, 1.165) is 11.1 Å². The van der Waals surface area contributed by atoms with Crippen LogP contribution >= 0.6 is 0 Å². The smallest absolute Gasteiger partial charge is 0.255 e. The molecule has 0 saturated heterocycles. The molecule has 4 aromatic rings. The molecule has 5 rings (SSSR count). The number of amides is 5. The van der Waals surface area contributed by atoms with Gasteiger partial charge in [0.1, 0.15) is 55.4 Å². The third-order valence-corrected chi connectivity index (χ3v) is 10.8. The zero-order chi connectivity index (χ0) is 47.4. The van der Waals surface area contributed by atoms with Gasteiger partial charge in [-0.05, 0) is 79.3 Å². The van der Waals surface area contributed by atoms with E-state index in [0.29, 0.717) is 45.3 Å². The van der Waals surface area contributed by atoms with E-state index in [1.807, 2.05) is 30.3 Å². The van der Waals surface area contributed by atoms with Crippen LogP contribution in [0.15, 0.2) is 66.9 Å². The van der Waals surface area contributed by atoms with Gasteiger partial charge >= 0.3 is 0 Å². The van der Waals surface area contributed by atoms with Gasteiger partial charge in [0.15, 0.2) is 5.82 Å². The number of rotatable bonds is 15. The van der Waals surface area contributed by atoms with Crippen LogP contribution in [0.1, 0.15) is 72.9 Å². The fourth-order valence-electron chi connectivity index (χ4n) is 7.32. The van der Waals surface area contributed by atoms with Gasteiger partial charge in [0, 0.05) is 49.4 Å². The van der Waals surface area contributed by atoms with Crippen LogP contribution in [0.5, 0.6) is 11.5 Å². The molecule has 4 atom stereocenters. The van der Waals surface area contributed by atoms with Crippen molar-refractivity contribution in [2.24, 2.45) is 17.2 Å². The Labute approximate surface area is 379 Å². The fraction of sp³-hybridized carbons (Fsp3) is 0.404. The highest BCUT2D eigenvalue weighted by Crippen LogP contribution is 2.40. The van der Waals surface area contributed by atoms with Gasteiger partial charge in [-0.1, -0.05) is 51.1 Å². The minimum absolute atomic E-state index is 0.000508. The molecule has 4 bridgehead atoms. The van der Waals surface area contributed by atoms with Crippen molar-refractivity contribution in [1.82, 2.24) is 36.1 Å². The summed E-state index contributed by atoms with van der Waals surface area (Å²) in [6.07, 6.45) is 1.42. The van der Waals surface area contributed by atoms with E-state index >= 15 is 0 Å². The molecule has 10 N–H and O–H groups in total. The lowest BCUT2D eigenvalue weighted by molar-refractivity contribution is -0.141. The van der Waals surface area contributed by atoms with Gasteiger partial charge in [-0.25, -0.2) is 9.97 Å². The molecule has 65 heavy (non-hydrogen) atoms. The summed E-state index contributed by atoms with van der Waals surface area (Å²) >= 11 is 0. The zero-order valence-corrected chi connectivity index (χ0v) is 37.7. The molecule has 344 valence electrons. The number of nitrogens with two attached hydrogens (primary N) is 3. The third-order valence-electron chi connectivity index (χ3n) is 10.8. The Bertz CT molecular complexity index is 2430. The quantitative estimate of drug-likeness (QED) is 0.0842. The standard InChI is InChI=1S/C47H59N11O7/c1-27-35(26-53-41(54-27)31-8-7-9-32(24-31)47(3,4)5)43(60)56-36(14-15-48)46(63)58(6)40-30-11-13-39(65-21-18-51)34(25-30)33-22-29(10-12-38(33)64-20-17-50)23-37(44(61)52-19-16-49)57-42(59)28(2)55-45(40)62/h7-13,22,24-26,28,36-37,40H,14-15,17-21,23,48,50-51H2,1-6H3,(H,52,61)(H,55,62)(H,56,60)(H,57,59). The molecule has 0 saturated carbocycles. The highest BCUT2D eigenvalue weighted by Gasteiger charge is 2.36. The average molecular weight is 890 g/mol. The summed E-state index contributed by atoms with van der Waals surface area (Å²) in [5.41, 5.74) is 21.8. The number of ether oxygens (including phenoxy) is 2. The third kappa shape index (κ3) is 12.2. The molecule has 4 unspecified atom stereocenters. The van der Waals surface area contributed by atoms with Crippen molar-refractivity contribution in [3.05, 3.63) is 94.8 Å². The highest BCUT2D eigenvalue weighted by atomic mass is 16.5. The monoisotopic (exact) mass is 889 g/mol. The van der Waals surface area contributed by atoms with Gasteiger partial charge in [-0.15, -0.1) is 0 Å². The van der Waals surface area contributed by atoms with Gasteiger partial charge in [0.2, 0.25) is 23.6 Å². The first-order valence-electron chi connectivity index (χ1n) is 21.4. The van der Waals surface area contributed by atoms with Crippen LogP contribution in [0.25, 0.3) is 22.5 Å². The van der Waals surface area contributed by atoms with E-state index in [-0.39, 0.29) is 63.2 Å². The largest absolute Gasteiger partial charge is 0.492 e. The number of nitriles is 1. The SMILES string of the molecule is Cc1nc(-c2cccc(C(C)(C)C)c2)ncc1C(=O)NC(CCN)C(=O)N(C)C1C(=O)NC(C)C(=O)NC(C(=O)NCC#N)Cc2ccc(OCCN)c(c2)-c2cc1ccc2OCCN. The molecule has 1 aliphatic rings. The molecule has 0 spiro atoms. The maximum atomic E-state index is 14.7. The maximum absolute atomic E-state index is 14.7. The molecule has 2 heterocycles. The maximum Gasteiger partial charge on any atom is 0.255 e. The number of aromatic nitrogens is 2. The van der Waals surface area contributed by atoms with Crippen molar-refractivity contribution < 1.29 is 33.4 Å². The number of hydrogen-bond donors (Lipinski definition) is 7. The number of hydrogen-bond acceptors (Lipinski definition) is 13. The van der Waals surface area contributed by atoms with Crippen LogP contribution in [-0.2, 0) is 31.0 Å². The first kappa shape index (κ1) is 49.1. The van der Waals surface area contributed by atoms with Gasteiger partial charge in [0.25, 0.3) is 5.91 Å². The Kier molecular flexibility index (Phi) is 16.7. The lowest BCUT2D eigenvalue weighted by Gasteiger charge is -2.32. The lowest BCUT2D eigenvalue weighted by Crippen LogP contribution is -2.56.